The minimum atomic E-state index is -3.00. The first-order valence-electron chi connectivity index (χ1n) is 5.57. The summed E-state index contributed by atoms with van der Waals surface area (Å²) >= 11 is 5.94. The molecule has 0 spiro atoms. The van der Waals surface area contributed by atoms with Crippen molar-refractivity contribution in [2.24, 2.45) is 0 Å². The Morgan fingerprint density at radius 2 is 1.73 bits per heavy atom. The highest BCUT2D eigenvalue weighted by atomic mass is 35.5. The van der Waals surface area contributed by atoms with E-state index in [9.17, 15) is 8.42 Å². The molecule has 0 bridgehead atoms. The first-order valence-corrected chi connectivity index (χ1v) is 9.05. The standard InChI is InChI=1S/C10H21ClO2S2/c1-3-5-7-9-15(12,13)14-10(11)8-6-4-2/h10H,3-9H2,1-2H3. The van der Waals surface area contributed by atoms with Crippen LogP contribution in [0.15, 0.2) is 0 Å². The predicted molar refractivity (Wildman–Crippen MR) is 70.1 cm³/mol. The van der Waals surface area contributed by atoms with Crippen LogP contribution in [0.3, 0.4) is 0 Å². The smallest absolute Gasteiger partial charge is 0.202 e. The maximum absolute atomic E-state index is 11.6. The Kier molecular flexibility index (Phi) is 9.05. The van der Waals surface area contributed by atoms with E-state index in [2.05, 4.69) is 13.8 Å². The lowest BCUT2D eigenvalue weighted by Gasteiger charge is -2.08. The fourth-order valence-electron chi connectivity index (χ4n) is 1.15. The normalized spacial score (nSPS) is 14.1. The van der Waals surface area contributed by atoms with E-state index in [4.69, 9.17) is 11.6 Å². The highest BCUT2D eigenvalue weighted by molar-refractivity contribution is 8.72. The van der Waals surface area contributed by atoms with E-state index in [1.54, 1.807) is 0 Å². The van der Waals surface area contributed by atoms with Gasteiger partial charge in [-0.15, -0.1) is 11.6 Å². The van der Waals surface area contributed by atoms with E-state index in [1.807, 2.05) is 0 Å². The molecule has 0 aliphatic rings. The van der Waals surface area contributed by atoms with Crippen molar-refractivity contribution in [3.63, 3.8) is 0 Å². The number of alkyl halides is 1. The zero-order valence-corrected chi connectivity index (χ0v) is 11.9. The molecular formula is C10H21ClO2S2. The van der Waals surface area contributed by atoms with Crippen molar-refractivity contribution in [2.75, 3.05) is 5.75 Å². The Morgan fingerprint density at radius 3 is 2.27 bits per heavy atom. The van der Waals surface area contributed by atoms with Crippen molar-refractivity contribution in [3.05, 3.63) is 0 Å². The Labute approximate surface area is 102 Å². The molecule has 0 radical (unpaired) electrons. The third kappa shape index (κ3) is 9.52. The molecule has 1 atom stereocenters. The van der Waals surface area contributed by atoms with Gasteiger partial charge >= 0.3 is 0 Å². The summed E-state index contributed by atoms with van der Waals surface area (Å²) in [4.78, 5) is 0. The average Bonchev–Trinajstić information content (AvgIpc) is 2.14. The largest absolute Gasteiger partial charge is 0.217 e. The minimum Gasteiger partial charge on any atom is -0.217 e. The van der Waals surface area contributed by atoms with Crippen LogP contribution in [0.1, 0.15) is 52.4 Å². The Bertz CT molecular complexity index is 240. The predicted octanol–water partition coefficient (Wildman–Crippen LogP) is 3.99. The Morgan fingerprint density at radius 1 is 1.13 bits per heavy atom. The van der Waals surface area contributed by atoms with Crippen molar-refractivity contribution in [2.45, 2.75) is 57.1 Å². The molecular weight excluding hydrogens is 252 g/mol. The number of rotatable bonds is 9. The molecule has 0 aliphatic carbocycles. The van der Waals surface area contributed by atoms with Gasteiger partial charge in [-0.05, 0) is 23.6 Å². The lowest BCUT2D eigenvalue weighted by molar-refractivity contribution is 0.605. The van der Waals surface area contributed by atoms with Gasteiger partial charge < -0.3 is 0 Å². The van der Waals surface area contributed by atoms with Gasteiger partial charge in [0.05, 0.1) is 10.5 Å². The second kappa shape index (κ2) is 8.71. The molecule has 0 N–H and O–H groups in total. The molecule has 5 heteroatoms. The monoisotopic (exact) mass is 272 g/mol. The van der Waals surface area contributed by atoms with E-state index < -0.39 is 8.87 Å². The first kappa shape index (κ1) is 15.6. The lowest BCUT2D eigenvalue weighted by atomic mass is 10.3. The van der Waals surface area contributed by atoms with Gasteiger partial charge in [-0.25, -0.2) is 8.42 Å². The van der Waals surface area contributed by atoms with Crippen LogP contribution >= 0.6 is 22.4 Å². The number of halogens is 1. The maximum Gasteiger partial charge on any atom is 0.202 e. The molecule has 0 aliphatic heterocycles. The number of hydrogen-bond donors (Lipinski definition) is 0. The third-order valence-corrected chi connectivity index (χ3v) is 6.44. The highest BCUT2D eigenvalue weighted by Gasteiger charge is 2.17. The molecule has 0 rings (SSSR count). The zero-order valence-electron chi connectivity index (χ0n) is 9.54. The molecule has 1 unspecified atom stereocenters. The van der Waals surface area contributed by atoms with Crippen LogP contribution < -0.4 is 0 Å². The fourth-order valence-corrected chi connectivity index (χ4v) is 5.42. The molecule has 0 heterocycles. The zero-order chi connectivity index (χ0) is 11.7. The molecule has 0 amide bonds. The van der Waals surface area contributed by atoms with E-state index >= 15 is 0 Å². The molecule has 0 fully saturated rings. The van der Waals surface area contributed by atoms with Crippen molar-refractivity contribution < 1.29 is 8.42 Å². The molecule has 0 aromatic rings. The Balaban J connectivity index is 3.81. The highest BCUT2D eigenvalue weighted by Crippen LogP contribution is 2.27. The fraction of sp³-hybridized carbons (Fsp3) is 1.00. The van der Waals surface area contributed by atoms with Crippen LogP contribution in [0.5, 0.6) is 0 Å². The SMILES string of the molecule is CCCCCS(=O)(=O)SC(Cl)CCCC. The maximum atomic E-state index is 11.6. The minimum absolute atomic E-state index is 0.265. The van der Waals surface area contributed by atoms with Gasteiger partial charge in [0.15, 0.2) is 0 Å². The average molecular weight is 273 g/mol. The summed E-state index contributed by atoms with van der Waals surface area (Å²) in [5, 5.41) is 0. The quantitative estimate of drug-likeness (QED) is 0.361. The van der Waals surface area contributed by atoms with E-state index in [0.717, 1.165) is 49.3 Å². The van der Waals surface area contributed by atoms with Crippen LogP contribution in [-0.4, -0.2) is 18.9 Å². The summed E-state index contributed by atoms with van der Waals surface area (Å²) in [6, 6.07) is 0. The molecule has 0 saturated carbocycles. The van der Waals surface area contributed by atoms with Crippen LogP contribution in [0.4, 0.5) is 0 Å². The van der Waals surface area contributed by atoms with Crippen molar-refractivity contribution >= 4 is 31.3 Å². The van der Waals surface area contributed by atoms with Gasteiger partial charge in [0, 0.05) is 0 Å². The number of hydrogen-bond acceptors (Lipinski definition) is 3. The van der Waals surface area contributed by atoms with Crippen LogP contribution in [0.25, 0.3) is 0 Å². The Hall–Kier alpha value is 0.590. The van der Waals surface area contributed by atoms with Gasteiger partial charge in [0.2, 0.25) is 8.87 Å². The van der Waals surface area contributed by atoms with Gasteiger partial charge in [0.1, 0.15) is 0 Å². The molecule has 92 valence electrons. The van der Waals surface area contributed by atoms with Crippen molar-refractivity contribution in [3.8, 4) is 0 Å². The summed E-state index contributed by atoms with van der Waals surface area (Å²) in [6.45, 7) is 4.13. The molecule has 0 aromatic heterocycles. The second-order valence-electron chi connectivity index (χ2n) is 3.62. The van der Waals surface area contributed by atoms with Crippen molar-refractivity contribution in [1.82, 2.24) is 0 Å². The van der Waals surface area contributed by atoms with Crippen LogP contribution in [0, 0.1) is 0 Å². The third-order valence-electron chi connectivity index (χ3n) is 2.03. The summed E-state index contributed by atoms with van der Waals surface area (Å²) in [5.41, 5.74) is 0. The van der Waals surface area contributed by atoms with Gasteiger partial charge in [-0.3, -0.25) is 0 Å². The molecule has 0 saturated heterocycles. The summed E-state index contributed by atoms with van der Waals surface area (Å²) in [6.07, 6.45) is 5.59. The van der Waals surface area contributed by atoms with E-state index in [1.165, 1.54) is 0 Å². The molecule has 0 aromatic carbocycles. The van der Waals surface area contributed by atoms with Gasteiger partial charge in [-0.2, -0.15) is 0 Å². The molecule has 15 heavy (non-hydrogen) atoms. The van der Waals surface area contributed by atoms with Crippen LogP contribution in [0.2, 0.25) is 0 Å². The first-order chi connectivity index (χ1) is 7.02. The molecule has 2 nitrogen and oxygen atoms in total. The lowest BCUT2D eigenvalue weighted by Crippen LogP contribution is -2.05. The van der Waals surface area contributed by atoms with E-state index in [0.29, 0.717) is 0 Å². The summed E-state index contributed by atoms with van der Waals surface area (Å²) in [5.74, 6) is 0.265. The topological polar surface area (TPSA) is 34.1 Å². The van der Waals surface area contributed by atoms with Gasteiger partial charge in [0.25, 0.3) is 0 Å². The van der Waals surface area contributed by atoms with E-state index in [-0.39, 0.29) is 10.5 Å². The summed E-state index contributed by atoms with van der Waals surface area (Å²) in [7, 11) is -2.07. The number of unbranched alkanes of at least 4 members (excludes halogenated alkanes) is 3. The van der Waals surface area contributed by atoms with Gasteiger partial charge in [-0.1, -0.05) is 39.5 Å². The van der Waals surface area contributed by atoms with Crippen LogP contribution in [-0.2, 0) is 8.87 Å². The summed E-state index contributed by atoms with van der Waals surface area (Å²) < 4.78 is 22.8. The van der Waals surface area contributed by atoms with Crippen molar-refractivity contribution in [1.29, 1.82) is 0 Å². The second-order valence-corrected chi connectivity index (χ2v) is 8.79.